The number of ether oxygens (including phenoxy) is 1. The second kappa shape index (κ2) is 7.27. The summed E-state index contributed by atoms with van der Waals surface area (Å²) in [5, 5.41) is 7.87. The van der Waals surface area contributed by atoms with Crippen molar-refractivity contribution in [2.45, 2.75) is 40.8 Å². The highest BCUT2D eigenvalue weighted by Crippen LogP contribution is 2.18. The van der Waals surface area contributed by atoms with Gasteiger partial charge in [0.05, 0.1) is 12.2 Å². The molecule has 2 rings (SSSR count). The summed E-state index contributed by atoms with van der Waals surface area (Å²) in [6.07, 6.45) is 0. The summed E-state index contributed by atoms with van der Waals surface area (Å²) in [5.74, 6) is 0.955. The molecular formula is C17H25N3O. The second-order valence-electron chi connectivity index (χ2n) is 5.26. The molecule has 0 radical (unpaired) electrons. The monoisotopic (exact) mass is 287 g/mol. The average Bonchev–Trinajstić information content (AvgIpc) is 2.74. The maximum atomic E-state index is 5.94. The van der Waals surface area contributed by atoms with E-state index in [2.05, 4.69) is 37.3 Å². The maximum Gasteiger partial charge on any atom is 0.123 e. The molecule has 0 aliphatic carbocycles. The van der Waals surface area contributed by atoms with Crippen molar-refractivity contribution in [1.82, 2.24) is 15.1 Å². The number of aromatic nitrogens is 2. The van der Waals surface area contributed by atoms with Crippen LogP contribution in [0.1, 0.15) is 29.4 Å². The molecule has 0 aliphatic rings. The highest BCUT2D eigenvalue weighted by Gasteiger charge is 2.07. The lowest BCUT2D eigenvalue weighted by Crippen LogP contribution is -2.15. The highest BCUT2D eigenvalue weighted by atomic mass is 16.5. The fraction of sp³-hybridized carbons (Fsp3) is 0.471. The smallest absolute Gasteiger partial charge is 0.123 e. The van der Waals surface area contributed by atoms with Crippen LogP contribution >= 0.6 is 0 Å². The Labute approximate surface area is 127 Å². The van der Waals surface area contributed by atoms with Crippen molar-refractivity contribution in [3.8, 4) is 5.75 Å². The fourth-order valence-electron chi connectivity index (χ4n) is 2.30. The molecule has 21 heavy (non-hydrogen) atoms. The zero-order valence-corrected chi connectivity index (χ0v) is 13.4. The minimum absolute atomic E-state index is 0.630. The number of para-hydroxylation sites is 1. The van der Waals surface area contributed by atoms with Gasteiger partial charge in [-0.1, -0.05) is 25.1 Å². The van der Waals surface area contributed by atoms with Gasteiger partial charge in [-0.15, -0.1) is 0 Å². The van der Waals surface area contributed by atoms with E-state index in [1.165, 1.54) is 16.8 Å². The zero-order valence-electron chi connectivity index (χ0n) is 13.4. The lowest BCUT2D eigenvalue weighted by molar-refractivity contribution is 0.286. The maximum absolute atomic E-state index is 5.94. The molecule has 0 bridgehead atoms. The summed E-state index contributed by atoms with van der Waals surface area (Å²) in [6.45, 7) is 11.6. The predicted octanol–water partition coefficient (Wildman–Crippen LogP) is 3.00. The molecule has 114 valence electrons. The van der Waals surface area contributed by atoms with E-state index < -0.39 is 0 Å². The van der Waals surface area contributed by atoms with Crippen LogP contribution in [0.2, 0.25) is 0 Å². The quantitative estimate of drug-likeness (QED) is 0.851. The number of rotatable bonds is 7. The van der Waals surface area contributed by atoms with Crippen LogP contribution in [0.5, 0.6) is 5.75 Å². The van der Waals surface area contributed by atoms with Crippen LogP contribution in [-0.4, -0.2) is 22.9 Å². The first-order chi connectivity index (χ1) is 10.1. The molecule has 0 saturated heterocycles. The Balaban J connectivity index is 1.95. The fourth-order valence-corrected chi connectivity index (χ4v) is 2.30. The van der Waals surface area contributed by atoms with E-state index in [4.69, 9.17) is 4.74 Å². The molecule has 2 aromatic rings. The number of hydrogen-bond donors (Lipinski definition) is 1. The molecule has 0 amide bonds. The molecule has 0 saturated carbocycles. The van der Waals surface area contributed by atoms with Crippen LogP contribution < -0.4 is 10.1 Å². The number of aryl methyl sites for hydroxylation is 1. The van der Waals surface area contributed by atoms with Crippen LogP contribution in [0.4, 0.5) is 0 Å². The second-order valence-corrected chi connectivity index (χ2v) is 5.26. The predicted molar refractivity (Wildman–Crippen MR) is 85.8 cm³/mol. The van der Waals surface area contributed by atoms with Crippen molar-refractivity contribution >= 4 is 0 Å². The molecule has 0 aliphatic heterocycles. The van der Waals surface area contributed by atoms with Gasteiger partial charge in [0.15, 0.2) is 0 Å². The van der Waals surface area contributed by atoms with Gasteiger partial charge in [0, 0.05) is 17.8 Å². The summed E-state index contributed by atoms with van der Waals surface area (Å²) >= 11 is 0. The third-order valence-electron chi connectivity index (χ3n) is 3.84. The first-order valence-electron chi connectivity index (χ1n) is 7.55. The van der Waals surface area contributed by atoms with Crippen LogP contribution in [0.15, 0.2) is 24.3 Å². The third kappa shape index (κ3) is 3.85. The van der Waals surface area contributed by atoms with Gasteiger partial charge >= 0.3 is 0 Å². The van der Waals surface area contributed by atoms with E-state index in [1.807, 2.05) is 29.8 Å². The Hall–Kier alpha value is -1.81. The minimum atomic E-state index is 0.630. The largest absolute Gasteiger partial charge is 0.491 e. The van der Waals surface area contributed by atoms with Crippen molar-refractivity contribution < 1.29 is 4.74 Å². The number of hydrogen-bond acceptors (Lipinski definition) is 3. The van der Waals surface area contributed by atoms with Gasteiger partial charge in [0.2, 0.25) is 0 Å². The topological polar surface area (TPSA) is 39.1 Å². The van der Waals surface area contributed by atoms with E-state index in [-0.39, 0.29) is 0 Å². The average molecular weight is 287 g/mol. The Morgan fingerprint density at radius 3 is 2.62 bits per heavy atom. The van der Waals surface area contributed by atoms with Gasteiger partial charge < -0.3 is 10.1 Å². The summed E-state index contributed by atoms with van der Waals surface area (Å²) in [7, 11) is 0. The molecule has 1 aromatic heterocycles. The van der Waals surface area contributed by atoms with Gasteiger partial charge in [-0.2, -0.15) is 5.10 Å². The molecule has 1 aromatic carbocycles. The third-order valence-corrected chi connectivity index (χ3v) is 3.84. The lowest BCUT2D eigenvalue weighted by atomic mass is 10.2. The summed E-state index contributed by atoms with van der Waals surface area (Å²) in [6, 6.07) is 8.19. The SMILES string of the molecule is CCNCc1ccccc1OCCn1nc(C)c(C)c1C. The number of benzene rings is 1. The van der Waals surface area contributed by atoms with Gasteiger partial charge in [-0.05, 0) is 38.9 Å². The molecule has 4 nitrogen and oxygen atoms in total. The van der Waals surface area contributed by atoms with Gasteiger partial charge in [-0.25, -0.2) is 0 Å². The standard InChI is InChI=1S/C17H25N3O/c1-5-18-12-16-8-6-7-9-17(16)21-11-10-20-15(4)13(2)14(3)19-20/h6-9,18H,5,10-12H2,1-4H3. The Kier molecular flexibility index (Phi) is 5.39. The van der Waals surface area contributed by atoms with Crippen molar-refractivity contribution in [3.05, 3.63) is 46.8 Å². The first kappa shape index (κ1) is 15.6. The zero-order chi connectivity index (χ0) is 15.2. The summed E-state index contributed by atoms with van der Waals surface area (Å²) in [4.78, 5) is 0. The normalized spacial score (nSPS) is 10.9. The highest BCUT2D eigenvalue weighted by molar-refractivity contribution is 5.33. The summed E-state index contributed by atoms with van der Waals surface area (Å²) in [5.41, 5.74) is 4.78. The molecular weight excluding hydrogens is 262 g/mol. The Bertz CT molecular complexity index is 590. The van der Waals surface area contributed by atoms with Crippen molar-refractivity contribution in [3.63, 3.8) is 0 Å². The molecule has 0 unspecified atom stereocenters. The van der Waals surface area contributed by atoms with Crippen molar-refractivity contribution in [2.24, 2.45) is 0 Å². The first-order valence-corrected chi connectivity index (χ1v) is 7.55. The van der Waals surface area contributed by atoms with E-state index in [9.17, 15) is 0 Å². The molecule has 0 spiro atoms. The van der Waals surface area contributed by atoms with E-state index in [0.717, 1.165) is 31.1 Å². The van der Waals surface area contributed by atoms with Gasteiger partial charge in [0.25, 0.3) is 0 Å². The number of nitrogens with one attached hydrogen (secondary N) is 1. The minimum Gasteiger partial charge on any atom is -0.491 e. The molecule has 4 heteroatoms. The Morgan fingerprint density at radius 1 is 1.19 bits per heavy atom. The van der Waals surface area contributed by atoms with E-state index in [0.29, 0.717) is 6.61 Å². The lowest BCUT2D eigenvalue weighted by Gasteiger charge is -2.12. The van der Waals surface area contributed by atoms with Crippen LogP contribution in [-0.2, 0) is 13.1 Å². The van der Waals surface area contributed by atoms with Crippen LogP contribution in [0.25, 0.3) is 0 Å². The molecule has 0 fully saturated rings. The van der Waals surface area contributed by atoms with Crippen molar-refractivity contribution in [2.75, 3.05) is 13.2 Å². The van der Waals surface area contributed by atoms with Crippen molar-refractivity contribution in [1.29, 1.82) is 0 Å². The van der Waals surface area contributed by atoms with Gasteiger partial charge in [-0.3, -0.25) is 4.68 Å². The van der Waals surface area contributed by atoms with Crippen LogP contribution in [0.3, 0.4) is 0 Å². The van der Waals surface area contributed by atoms with Crippen LogP contribution in [0, 0.1) is 20.8 Å². The number of nitrogens with zero attached hydrogens (tertiary/aromatic N) is 2. The molecule has 0 atom stereocenters. The Morgan fingerprint density at radius 2 is 1.95 bits per heavy atom. The summed E-state index contributed by atoms with van der Waals surface area (Å²) < 4.78 is 7.97. The molecule has 1 heterocycles. The molecule has 1 N–H and O–H groups in total. The van der Waals surface area contributed by atoms with E-state index in [1.54, 1.807) is 0 Å². The van der Waals surface area contributed by atoms with E-state index >= 15 is 0 Å². The van der Waals surface area contributed by atoms with Gasteiger partial charge in [0.1, 0.15) is 12.4 Å².